The lowest BCUT2D eigenvalue weighted by Gasteiger charge is -2.11. The fourth-order valence-corrected chi connectivity index (χ4v) is 3.80. The standard InChI is InChI=1S/C16H16ClN3O4S2/c1-11(25-26-14-6-7-15(18-9-14)20(22)23)10-24-16(21)19-13-4-2-12(8-17)3-5-13/h2-7,9,11H,8,10H2,1H3,(H,19,21). The first-order chi connectivity index (χ1) is 12.5. The topological polar surface area (TPSA) is 94.4 Å². The van der Waals surface area contributed by atoms with Gasteiger partial charge in [0.1, 0.15) is 6.61 Å². The fourth-order valence-electron chi connectivity index (χ4n) is 1.72. The highest BCUT2D eigenvalue weighted by molar-refractivity contribution is 8.76. The summed E-state index contributed by atoms with van der Waals surface area (Å²) in [6, 6.07) is 10.2. The molecule has 0 saturated carbocycles. The Kier molecular flexibility index (Phi) is 8.02. The van der Waals surface area contributed by atoms with Crippen molar-refractivity contribution in [2.45, 2.75) is 22.9 Å². The maximum absolute atomic E-state index is 11.8. The molecule has 1 N–H and O–H groups in total. The summed E-state index contributed by atoms with van der Waals surface area (Å²) in [5.74, 6) is 0.230. The van der Waals surface area contributed by atoms with Crippen molar-refractivity contribution in [1.82, 2.24) is 4.98 Å². The van der Waals surface area contributed by atoms with E-state index in [9.17, 15) is 14.9 Å². The first-order valence-electron chi connectivity index (χ1n) is 7.50. The Hall–Kier alpha value is -1.97. The van der Waals surface area contributed by atoms with E-state index in [1.807, 2.05) is 19.1 Å². The van der Waals surface area contributed by atoms with Crippen molar-refractivity contribution in [3.63, 3.8) is 0 Å². The van der Waals surface area contributed by atoms with Crippen molar-refractivity contribution in [1.29, 1.82) is 0 Å². The second-order valence-corrected chi connectivity index (χ2v) is 8.13. The zero-order valence-electron chi connectivity index (χ0n) is 13.8. The number of halogens is 1. The molecule has 1 aromatic heterocycles. The second-order valence-electron chi connectivity index (χ2n) is 5.15. The fraction of sp³-hybridized carbons (Fsp3) is 0.250. The number of carbonyl (C=O) groups is 1. The van der Waals surface area contributed by atoms with Crippen molar-refractivity contribution in [2.24, 2.45) is 0 Å². The molecule has 138 valence electrons. The average molecular weight is 414 g/mol. The molecule has 1 aromatic carbocycles. The Bertz CT molecular complexity index is 744. The van der Waals surface area contributed by atoms with E-state index in [2.05, 4.69) is 10.3 Å². The van der Waals surface area contributed by atoms with Crippen LogP contribution in [0.4, 0.5) is 16.3 Å². The average Bonchev–Trinajstić information content (AvgIpc) is 2.65. The molecule has 1 atom stereocenters. The van der Waals surface area contributed by atoms with Gasteiger partial charge in [-0.3, -0.25) is 5.32 Å². The highest BCUT2D eigenvalue weighted by Gasteiger charge is 2.11. The molecule has 2 aromatic rings. The van der Waals surface area contributed by atoms with E-state index in [0.29, 0.717) is 11.6 Å². The summed E-state index contributed by atoms with van der Waals surface area (Å²) in [7, 11) is 2.90. The summed E-state index contributed by atoms with van der Waals surface area (Å²) in [4.78, 5) is 26.4. The number of nitrogens with one attached hydrogen (secondary N) is 1. The molecule has 7 nitrogen and oxygen atoms in total. The van der Waals surface area contributed by atoms with Crippen LogP contribution >= 0.6 is 33.2 Å². The van der Waals surface area contributed by atoms with Crippen LogP contribution in [0.3, 0.4) is 0 Å². The molecule has 0 aliphatic heterocycles. The molecule has 0 radical (unpaired) electrons. The molecule has 0 bridgehead atoms. The number of nitrogens with zero attached hydrogens (tertiary/aromatic N) is 2. The van der Waals surface area contributed by atoms with Crippen LogP contribution in [-0.2, 0) is 10.6 Å². The number of hydrogen-bond acceptors (Lipinski definition) is 7. The third kappa shape index (κ3) is 6.74. The zero-order valence-corrected chi connectivity index (χ0v) is 16.1. The molecule has 10 heteroatoms. The van der Waals surface area contributed by atoms with Crippen LogP contribution in [0, 0.1) is 10.1 Å². The van der Waals surface area contributed by atoms with E-state index in [4.69, 9.17) is 16.3 Å². The number of anilines is 1. The number of aromatic nitrogens is 1. The van der Waals surface area contributed by atoms with Crippen molar-refractivity contribution >= 4 is 50.8 Å². The lowest BCUT2D eigenvalue weighted by atomic mass is 10.2. The van der Waals surface area contributed by atoms with Gasteiger partial charge in [0.2, 0.25) is 0 Å². The predicted octanol–water partition coefficient (Wildman–Crippen LogP) is 5.11. The van der Waals surface area contributed by atoms with Gasteiger partial charge < -0.3 is 14.9 Å². The number of rotatable bonds is 8. The number of pyridine rings is 1. The van der Waals surface area contributed by atoms with Gasteiger partial charge >= 0.3 is 11.9 Å². The van der Waals surface area contributed by atoms with Gasteiger partial charge in [0.15, 0.2) is 6.20 Å². The molecule has 26 heavy (non-hydrogen) atoms. The molecule has 1 heterocycles. The summed E-state index contributed by atoms with van der Waals surface area (Å²) in [6.45, 7) is 2.14. The third-order valence-corrected chi connectivity index (χ3v) is 6.18. The molecule has 1 unspecified atom stereocenters. The summed E-state index contributed by atoms with van der Waals surface area (Å²) < 4.78 is 5.19. The zero-order chi connectivity index (χ0) is 18.9. The van der Waals surface area contributed by atoms with Crippen LogP contribution in [0.5, 0.6) is 0 Å². The molecular formula is C16H16ClN3O4S2. The van der Waals surface area contributed by atoms with Gasteiger partial charge in [-0.1, -0.05) is 33.7 Å². The number of hydrogen-bond donors (Lipinski definition) is 1. The van der Waals surface area contributed by atoms with Crippen molar-refractivity contribution < 1.29 is 14.5 Å². The molecule has 2 rings (SSSR count). The summed E-state index contributed by atoms with van der Waals surface area (Å²) >= 11 is 5.71. The number of ether oxygens (including phenoxy) is 1. The highest BCUT2D eigenvalue weighted by atomic mass is 35.5. The molecular weight excluding hydrogens is 398 g/mol. The molecule has 0 saturated heterocycles. The lowest BCUT2D eigenvalue weighted by Crippen LogP contribution is -2.18. The number of nitro groups is 1. The van der Waals surface area contributed by atoms with Crippen LogP contribution < -0.4 is 5.32 Å². The Morgan fingerprint density at radius 3 is 2.65 bits per heavy atom. The van der Waals surface area contributed by atoms with Gasteiger partial charge in [0, 0.05) is 22.9 Å². The Labute approximate surface area is 163 Å². The van der Waals surface area contributed by atoms with Gasteiger partial charge in [-0.05, 0) is 40.6 Å². The minimum atomic E-state index is -0.542. The molecule has 1 amide bonds. The van der Waals surface area contributed by atoms with Crippen molar-refractivity contribution in [3.05, 3.63) is 58.3 Å². The summed E-state index contributed by atoms with van der Waals surface area (Å²) in [6.07, 6.45) is 0.915. The number of benzene rings is 1. The van der Waals surface area contributed by atoms with Crippen LogP contribution in [0.25, 0.3) is 0 Å². The predicted molar refractivity (Wildman–Crippen MR) is 105 cm³/mol. The largest absolute Gasteiger partial charge is 0.448 e. The molecule has 0 aliphatic carbocycles. The second kappa shape index (κ2) is 10.2. The number of carbonyl (C=O) groups excluding carboxylic acids is 1. The Balaban J connectivity index is 1.70. The quantitative estimate of drug-likeness (QED) is 0.278. The monoisotopic (exact) mass is 413 g/mol. The van der Waals surface area contributed by atoms with E-state index in [0.717, 1.165) is 10.5 Å². The summed E-state index contributed by atoms with van der Waals surface area (Å²) in [5.41, 5.74) is 1.60. The van der Waals surface area contributed by atoms with E-state index in [-0.39, 0.29) is 17.7 Å². The third-order valence-electron chi connectivity index (χ3n) is 3.02. The SMILES string of the molecule is CC(COC(=O)Nc1ccc(CCl)cc1)SSc1ccc([N+](=O)[O-])nc1. The minimum absolute atomic E-state index is 0.0274. The van der Waals surface area contributed by atoms with Gasteiger partial charge in [-0.15, -0.1) is 11.6 Å². The first kappa shape index (κ1) is 20.3. The van der Waals surface area contributed by atoms with Crippen LogP contribution in [-0.4, -0.2) is 27.9 Å². The number of amides is 1. The van der Waals surface area contributed by atoms with Gasteiger partial charge in [-0.2, -0.15) is 0 Å². The normalized spacial score (nSPS) is 11.6. The first-order valence-corrected chi connectivity index (χ1v) is 10.2. The maximum Gasteiger partial charge on any atom is 0.411 e. The summed E-state index contributed by atoms with van der Waals surface area (Å²) in [5, 5.41) is 13.2. The maximum atomic E-state index is 11.8. The van der Waals surface area contributed by atoms with Crippen molar-refractivity contribution in [3.8, 4) is 0 Å². The highest BCUT2D eigenvalue weighted by Crippen LogP contribution is 2.34. The van der Waals surface area contributed by atoms with E-state index < -0.39 is 11.0 Å². The van der Waals surface area contributed by atoms with E-state index in [1.165, 1.54) is 33.9 Å². The van der Waals surface area contributed by atoms with Gasteiger partial charge in [0.25, 0.3) is 0 Å². The Morgan fingerprint density at radius 1 is 1.35 bits per heavy atom. The van der Waals surface area contributed by atoms with Gasteiger partial charge in [-0.25, -0.2) is 4.79 Å². The van der Waals surface area contributed by atoms with E-state index >= 15 is 0 Å². The Morgan fingerprint density at radius 2 is 2.08 bits per heavy atom. The van der Waals surface area contributed by atoms with Crippen LogP contribution in [0.15, 0.2) is 47.5 Å². The van der Waals surface area contributed by atoms with E-state index in [1.54, 1.807) is 18.2 Å². The lowest BCUT2D eigenvalue weighted by molar-refractivity contribution is -0.389. The molecule has 0 fully saturated rings. The van der Waals surface area contributed by atoms with Crippen molar-refractivity contribution in [2.75, 3.05) is 11.9 Å². The molecule has 0 spiro atoms. The number of alkyl halides is 1. The molecule has 0 aliphatic rings. The van der Waals surface area contributed by atoms with Gasteiger partial charge in [0.05, 0.1) is 4.90 Å². The van der Waals surface area contributed by atoms with Crippen LogP contribution in [0.2, 0.25) is 0 Å². The smallest absolute Gasteiger partial charge is 0.411 e. The van der Waals surface area contributed by atoms with Crippen LogP contribution in [0.1, 0.15) is 12.5 Å². The minimum Gasteiger partial charge on any atom is -0.448 e.